The van der Waals surface area contributed by atoms with Crippen molar-refractivity contribution in [2.75, 3.05) is 19.5 Å². The highest BCUT2D eigenvalue weighted by molar-refractivity contribution is 6.10. The molecule has 2 amide bonds. The second kappa shape index (κ2) is 10.0. The van der Waals surface area contributed by atoms with Gasteiger partial charge in [0.25, 0.3) is 11.8 Å². The monoisotopic (exact) mass is 421 g/mol. The predicted octanol–water partition coefficient (Wildman–Crippen LogP) is 3.65. The van der Waals surface area contributed by atoms with Crippen molar-refractivity contribution in [2.45, 2.75) is 0 Å². The fourth-order valence-electron chi connectivity index (χ4n) is 2.72. The van der Waals surface area contributed by atoms with E-state index < -0.39 is 17.6 Å². The van der Waals surface area contributed by atoms with Crippen molar-refractivity contribution < 1.29 is 23.5 Å². The number of ether oxygens (including phenoxy) is 2. The van der Waals surface area contributed by atoms with Crippen LogP contribution in [-0.4, -0.2) is 31.0 Å². The van der Waals surface area contributed by atoms with Crippen LogP contribution in [0.2, 0.25) is 0 Å². The summed E-state index contributed by atoms with van der Waals surface area (Å²) in [4.78, 5) is 29.7. The summed E-state index contributed by atoms with van der Waals surface area (Å²) in [6, 6.07) is 13.5. The van der Waals surface area contributed by atoms with E-state index >= 15 is 0 Å². The minimum atomic E-state index is -0.622. The number of rotatable bonds is 7. The number of hydrogen-bond donors (Lipinski definition) is 2. The molecular weight excluding hydrogens is 401 g/mol. The van der Waals surface area contributed by atoms with Gasteiger partial charge < -0.3 is 20.1 Å². The molecule has 1 aromatic heterocycles. The summed E-state index contributed by atoms with van der Waals surface area (Å²) in [6.45, 7) is 0. The summed E-state index contributed by atoms with van der Waals surface area (Å²) in [5.74, 6) is -0.815. The van der Waals surface area contributed by atoms with Gasteiger partial charge in [0.05, 0.1) is 14.2 Å². The zero-order valence-electron chi connectivity index (χ0n) is 16.9. The zero-order chi connectivity index (χ0) is 22.2. The van der Waals surface area contributed by atoms with Crippen molar-refractivity contribution in [2.24, 2.45) is 0 Å². The molecule has 2 N–H and O–H groups in total. The third-order valence-electron chi connectivity index (χ3n) is 4.22. The summed E-state index contributed by atoms with van der Waals surface area (Å²) in [6.07, 6.45) is 4.60. The number of pyridine rings is 1. The number of anilines is 1. The van der Waals surface area contributed by atoms with Gasteiger partial charge in [-0.05, 0) is 54.1 Å². The number of hydrogen-bond acceptors (Lipinski definition) is 5. The Morgan fingerprint density at radius 2 is 1.81 bits per heavy atom. The molecule has 0 aliphatic carbocycles. The van der Waals surface area contributed by atoms with Gasteiger partial charge in [0.2, 0.25) is 0 Å². The molecule has 158 valence electrons. The van der Waals surface area contributed by atoms with Gasteiger partial charge in [-0.1, -0.05) is 12.1 Å². The molecule has 0 saturated carbocycles. The highest BCUT2D eigenvalue weighted by Crippen LogP contribution is 2.27. The number of aromatic nitrogens is 1. The number of benzene rings is 2. The standard InChI is InChI=1S/C23H20FN3O4/c1-30-20-9-8-16(12-21(20)31-2)22(28)27-19(11-15-5-4-10-25-14-15)23(29)26-18-7-3-6-17(24)13-18/h3-14H,1-2H3,(H,26,29)(H,27,28)/b19-11+. The second-order valence-electron chi connectivity index (χ2n) is 6.33. The number of amides is 2. The van der Waals surface area contributed by atoms with Crippen LogP contribution in [0.1, 0.15) is 15.9 Å². The van der Waals surface area contributed by atoms with Crippen molar-refractivity contribution in [1.82, 2.24) is 10.3 Å². The fourth-order valence-corrected chi connectivity index (χ4v) is 2.72. The first kappa shape index (κ1) is 21.5. The van der Waals surface area contributed by atoms with Gasteiger partial charge in [-0.25, -0.2) is 4.39 Å². The molecule has 0 aliphatic rings. The Labute approximate surface area is 178 Å². The smallest absolute Gasteiger partial charge is 0.272 e. The Hall–Kier alpha value is -4.20. The van der Waals surface area contributed by atoms with Crippen LogP contribution in [0.25, 0.3) is 6.08 Å². The zero-order valence-corrected chi connectivity index (χ0v) is 16.9. The second-order valence-corrected chi connectivity index (χ2v) is 6.33. The first-order chi connectivity index (χ1) is 15.0. The van der Waals surface area contributed by atoms with Gasteiger partial charge >= 0.3 is 0 Å². The third kappa shape index (κ3) is 5.66. The van der Waals surface area contributed by atoms with E-state index in [1.54, 1.807) is 36.5 Å². The molecule has 0 fully saturated rings. The molecule has 0 aliphatic heterocycles. The lowest BCUT2D eigenvalue weighted by molar-refractivity contribution is -0.113. The van der Waals surface area contributed by atoms with Crippen molar-refractivity contribution >= 4 is 23.6 Å². The first-order valence-electron chi connectivity index (χ1n) is 9.22. The van der Waals surface area contributed by atoms with Crippen LogP contribution in [0.3, 0.4) is 0 Å². The van der Waals surface area contributed by atoms with Crippen LogP contribution in [0, 0.1) is 5.82 Å². The summed E-state index contributed by atoms with van der Waals surface area (Å²) in [5, 5.41) is 5.17. The van der Waals surface area contributed by atoms with E-state index in [0.29, 0.717) is 17.1 Å². The Balaban J connectivity index is 1.88. The molecule has 3 rings (SSSR count). The summed E-state index contributed by atoms with van der Waals surface area (Å²) in [7, 11) is 2.95. The summed E-state index contributed by atoms with van der Waals surface area (Å²) >= 11 is 0. The van der Waals surface area contributed by atoms with E-state index in [-0.39, 0.29) is 16.9 Å². The Morgan fingerprint density at radius 3 is 2.48 bits per heavy atom. The Morgan fingerprint density at radius 1 is 1.00 bits per heavy atom. The van der Waals surface area contributed by atoms with Crippen LogP contribution in [0.15, 0.2) is 72.7 Å². The SMILES string of the molecule is COc1ccc(C(=O)N/C(=C/c2cccnc2)C(=O)Nc2cccc(F)c2)cc1OC. The number of nitrogens with zero attached hydrogens (tertiary/aromatic N) is 1. The normalized spacial score (nSPS) is 10.9. The topological polar surface area (TPSA) is 89.5 Å². The van der Waals surface area contributed by atoms with Gasteiger partial charge in [-0.15, -0.1) is 0 Å². The van der Waals surface area contributed by atoms with E-state index in [0.717, 1.165) is 0 Å². The lowest BCUT2D eigenvalue weighted by atomic mass is 10.1. The largest absolute Gasteiger partial charge is 0.493 e. The molecule has 31 heavy (non-hydrogen) atoms. The molecule has 1 heterocycles. The average molecular weight is 421 g/mol. The van der Waals surface area contributed by atoms with Gasteiger partial charge in [-0.2, -0.15) is 0 Å². The van der Waals surface area contributed by atoms with E-state index in [1.165, 1.54) is 50.8 Å². The lowest BCUT2D eigenvalue weighted by Gasteiger charge is -2.13. The maximum atomic E-state index is 13.5. The van der Waals surface area contributed by atoms with Gasteiger partial charge in [0.1, 0.15) is 11.5 Å². The van der Waals surface area contributed by atoms with Crippen LogP contribution >= 0.6 is 0 Å². The molecular formula is C23H20FN3O4. The number of nitrogens with one attached hydrogen (secondary N) is 2. The molecule has 0 unspecified atom stereocenters. The predicted molar refractivity (Wildman–Crippen MR) is 114 cm³/mol. The third-order valence-corrected chi connectivity index (χ3v) is 4.22. The number of methoxy groups -OCH3 is 2. The molecule has 0 bridgehead atoms. The maximum Gasteiger partial charge on any atom is 0.272 e. The minimum Gasteiger partial charge on any atom is -0.493 e. The van der Waals surface area contributed by atoms with Crippen molar-refractivity contribution in [3.63, 3.8) is 0 Å². The van der Waals surface area contributed by atoms with Crippen LogP contribution < -0.4 is 20.1 Å². The quantitative estimate of drug-likeness (QED) is 0.569. The van der Waals surface area contributed by atoms with Gasteiger partial charge in [-0.3, -0.25) is 14.6 Å². The molecule has 0 radical (unpaired) electrons. The van der Waals surface area contributed by atoms with Gasteiger partial charge in [0.15, 0.2) is 11.5 Å². The number of halogens is 1. The van der Waals surface area contributed by atoms with Crippen LogP contribution in [-0.2, 0) is 4.79 Å². The maximum absolute atomic E-state index is 13.5. The molecule has 0 saturated heterocycles. The van der Waals surface area contributed by atoms with Crippen molar-refractivity contribution in [3.05, 3.63) is 89.6 Å². The highest BCUT2D eigenvalue weighted by Gasteiger charge is 2.17. The van der Waals surface area contributed by atoms with Crippen LogP contribution in [0.4, 0.5) is 10.1 Å². The van der Waals surface area contributed by atoms with Gasteiger partial charge in [0, 0.05) is 23.6 Å². The molecule has 8 heteroatoms. The lowest BCUT2D eigenvalue weighted by Crippen LogP contribution is -2.30. The molecule has 2 aromatic carbocycles. The average Bonchev–Trinajstić information content (AvgIpc) is 2.78. The Bertz CT molecular complexity index is 1120. The number of carbonyl (C=O) groups is 2. The first-order valence-corrected chi connectivity index (χ1v) is 9.22. The number of carbonyl (C=O) groups excluding carboxylic acids is 2. The Kier molecular flexibility index (Phi) is 6.95. The fraction of sp³-hybridized carbons (Fsp3) is 0.0870. The van der Waals surface area contributed by atoms with Crippen molar-refractivity contribution in [3.8, 4) is 11.5 Å². The molecule has 3 aromatic rings. The molecule has 7 nitrogen and oxygen atoms in total. The van der Waals surface area contributed by atoms with E-state index in [2.05, 4.69) is 15.6 Å². The van der Waals surface area contributed by atoms with Crippen LogP contribution in [0.5, 0.6) is 11.5 Å². The summed E-state index contributed by atoms with van der Waals surface area (Å²) in [5.41, 5.74) is 1.06. The molecule has 0 atom stereocenters. The van der Waals surface area contributed by atoms with E-state index in [4.69, 9.17) is 9.47 Å². The molecule has 0 spiro atoms. The van der Waals surface area contributed by atoms with E-state index in [1.807, 2.05) is 0 Å². The minimum absolute atomic E-state index is 0.0444. The van der Waals surface area contributed by atoms with Crippen molar-refractivity contribution in [1.29, 1.82) is 0 Å². The highest BCUT2D eigenvalue weighted by atomic mass is 19.1. The van der Waals surface area contributed by atoms with E-state index in [9.17, 15) is 14.0 Å². The summed E-state index contributed by atoms with van der Waals surface area (Å²) < 4.78 is 23.9.